The van der Waals surface area contributed by atoms with Crippen LogP contribution in [0.15, 0.2) is 46.2 Å². The topological polar surface area (TPSA) is 182 Å². The Hall–Kier alpha value is -1.67. The number of nitrogens with one attached hydrogen (secondary N) is 1. The molecule has 0 fully saturated rings. The van der Waals surface area contributed by atoms with E-state index in [2.05, 4.69) is 5.32 Å². The molecule has 2 aromatic carbocycles. The number of benzene rings is 2. The first-order valence-electron chi connectivity index (χ1n) is 8.56. The number of nitrogen functional groups attached to an aromatic ring is 2. The fourth-order valence-corrected chi connectivity index (χ4v) is 4.30. The summed E-state index contributed by atoms with van der Waals surface area (Å²) in [6, 6.07) is 6.80. The molecule has 2 aromatic rings. The molecule has 0 saturated heterocycles. The van der Waals surface area contributed by atoms with Crippen molar-refractivity contribution in [3.05, 3.63) is 42.0 Å². The Kier molecular flexibility index (Phi) is 8.70. The molecule has 10 nitrogen and oxygen atoms in total. The minimum absolute atomic E-state index is 0. The van der Waals surface area contributed by atoms with Crippen molar-refractivity contribution in [2.24, 2.45) is 5.41 Å². The van der Waals surface area contributed by atoms with Crippen molar-refractivity contribution in [1.29, 1.82) is 0 Å². The predicted molar refractivity (Wildman–Crippen MR) is 110 cm³/mol. The summed E-state index contributed by atoms with van der Waals surface area (Å²) in [4.78, 5) is 11.4. The van der Waals surface area contributed by atoms with Crippen LogP contribution < -0.4 is 46.3 Å². The normalized spacial score (nSPS) is 12.1. The van der Waals surface area contributed by atoms with Gasteiger partial charge in [0, 0.05) is 11.4 Å². The Morgan fingerprint density at radius 2 is 1.52 bits per heavy atom. The zero-order chi connectivity index (χ0) is 22.9. The van der Waals surface area contributed by atoms with E-state index in [1.54, 1.807) is 20.8 Å². The van der Waals surface area contributed by atoms with E-state index in [0.29, 0.717) is 0 Å². The average Bonchev–Trinajstić information content (AvgIpc) is 2.60. The van der Waals surface area contributed by atoms with E-state index in [4.69, 9.17) is 15.7 Å². The Morgan fingerprint density at radius 1 is 1.00 bits per heavy atom. The molecule has 1 amide bonds. The smallest absolute Gasteiger partial charge is 0.744 e. The van der Waals surface area contributed by atoms with Crippen LogP contribution in [0.4, 0.5) is 17.1 Å². The van der Waals surface area contributed by atoms with Gasteiger partial charge in [-0.2, -0.15) is 8.42 Å². The first-order chi connectivity index (χ1) is 13.6. The van der Waals surface area contributed by atoms with Gasteiger partial charge in [-0.15, -0.1) is 0 Å². The summed E-state index contributed by atoms with van der Waals surface area (Å²) in [6.07, 6.45) is 0. The van der Waals surface area contributed by atoms with Crippen LogP contribution in [-0.2, 0) is 24.4 Å². The number of amides is 1. The number of carbonyl (C=O) groups is 1. The maximum absolute atomic E-state index is 12.7. The summed E-state index contributed by atoms with van der Waals surface area (Å²) in [6.45, 7) is 5.19. The van der Waals surface area contributed by atoms with Crippen molar-refractivity contribution in [3.8, 4) is 0 Å². The molecule has 0 bridgehead atoms. The second-order valence-electron chi connectivity index (χ2n) is 7.70. The van der Waals surface area contributed by atoms with Crippen molar-refractivity contribution >= 4 is 43.2 Å². The summed E-state index contributed by atoms with van der Waals surface area (Å²) < 4.78 is 64.8. The summed E-state index contributed by atoms with van der Waals surface area (Å²) in [5.74, 6) is -1.03. The Bertz CT molecular complexity index is 1190. The second kappa shape index (κ2) is 9.86. The van der Waals surface area contributed by atoms with Crippen LogP contribution >= 0.6 is 0 Å². The maximum Gasteiger partial charge on any atom is 1.00 e. The van der Waals surface area contributed by atoms with Crippen LogP contribution in [-0.4, -0.2) is 33.9 Å². The third kappa shape index (κ3) is 7.45. The molecule has 164 valence electrons. The molecular formula is C18H22N3NaO7S2. The quantitative estimate of drug-likeness (QED) is 0.197. The molecule has 0 atom stereocenters. The second-order valence-corrected chi connectivity index (χ2v) is 10.6. The van der Waals surface area contributed by atoms with Crippen molar-refractivity contribution < 1.29 is 59.9 Å². The van der Waals surface area contributed by atoms with Gasteiger partial charge in [0.1, 0.15) is 15.0 Å². The Morgan fingerprint density at radius 3 is 2.03 bits per heavy atom. The molecule has 0 radical (unpaired) electrons. The van der Waals surface area contributed by atoms with Gasteiger partial charge in [0.25, 0.3) is 16.0 Å². The molecule has 0 heterocycles. The zero-order valence-electron chi connectivity index (χ0n) is 17.5. The fourth-order valence-electron chi connectivity index (χ4n) is 2.29. The van der Waals surface area contributed by atoms with Crippen LogP contribution in [0.1, 0.15) is 31.1 Å². The molecule has 31 heavy (non-hydrogen) atoms. The van der Waals surface area contributed by atoms with Gasteiger partial charge in [-0.1, -0.05) is 20.8 Å². The van der Waals surface area contributed by atoms with Gasteiger partial charge >= 0.3 is 29.6 Å². The van der Waals surface area contributed by atoms with Crippen LogP contribution in [0.3, 0.4) is 0 Å². The standard InChI is InChI=1S/C18H23N3O7S2.Na/c1-18(2,3)10-28-30(26,27)16-9-12(20)5-7-14(16)21-17(22)13-6-4-11(19)8-15(13)29(23,24)25;/h4-9H,10,19-20H2,1-3H3,(H,21,22)(H,23,24,25);/q;+1/p-1. The van der Waals surface area contributed by atoms with E-state index < -0.39 is 46.9 Å². The Labute approximate surface area is 203 Å². The molecule has 0 aliphatic rings. The van der Waals surface area contributed by atoms with Crippen molar-refractivity contribution in [2.45, 2.75) is 30.6 Å². The number of hydrogen-bond acceptors (Lipinski definition) is 9. The molecule has 0 spiro atoms. The number of nitrogens with two attached hydrogens (primary N) is 2. The van der Waals surface area contributed by atoms with Crippen molar-refractivity contribution in [1.82, 2.24) is 0 Å². The molecule has 0 aliphatic heterocycles. The van der Waals surface area contributed by atoms with E-state index >= 15 is 0 Å². The van der Waals surface area contributed by atoms with Crippen LogP contribution in [0.25, 0.3) is 0 Å². The molecule has 0 aliphatic carbocycles. The third-order valence-corrected chi connectivity index (χ3v) is 5.87. The van der Waals surface area contributed by atoms with Crippen molar-refractivity contribution in [2.75, 3.05) is 23.4 Å². The number of rotatable bonds is 6. The molecular weight excluding hydrogens is 457 g/mol. The molecule has 2 rings (SSSR count). The van der Waals surface area contributed by atoms with Gasteiger partial charge in [-0.25, -0.2) is 8.42 Å². The van der Waals surface area contributed by atoms with Gasteiger partial charge < -0.3 is 21.3 Å². The predicted octanol–water partition coefficient (Wildman–Crippen LogP) is -1.24. The molecule has 13 heteroatoms. The Balaban J connectivity index is 0.00000480. The number of anilines is 3. The van der Waals surface area contributed by atoms with E-state index in [-0.39, 0.29) is 53.2 Å². The summed E-state index contributed by atoms with van der Waals surface area (Å²) in [7, 11) is -9.33. The monoisotopic (exact) mass is 479 g/mol. The fraction of sp³-hybridized carbons (Fsp3) is 0.278. The number of carbonyl (C=O) groups excluding carboxylic acids is 1. The van der Waals surface area contributed by atoms with E-state index in [9.17, 15) is 26.2 Å². The minimum atomic E-state index is -5.02. The summed E-state index contributed by atoms with van der Waals surface area (Å²) >= 11 is 0. The van der Waals surface area contributed by atoms with Gasteiger partial charge in [-0.05, 0) is 41.8 Å². The summed E-state index contributed by atoms with van der Waals surface area (Å²) in [5.41, 5.74) is 10.1. The molecule has 5 N–H and O–H groups in total. The molecule has 0 saturated carbocycles. The largest absolute Gasteiger partial charge is 1.00 e. The first-order valence-corrected chi connectivity index (χ1v) is 11.4. The van der Waals surface area contributed by atoms with E-state index in [1.807, 2.05) is 0 Å². The van der Waals surface area contributed by atoms with Gasteiger partial charge in [0.15, 0.2) is 0 Å². The average molecular weight is 480 g/mol. The number of hydrogen-bond donors (Lipinski definition) is 3. The molecule has 0 aromatic heterocycles. The molecule has 0 unspecified atom stereocenters. The SMILES string of the molecule is CC(C)(C)COS(=O)(=O)c1cc(N)ccc1NC(=O)c1ccc(N)cc1S(=O)(=O)[O-].[Na+]. The van der Waals surface area contributed by atoms with Gasteiger partial charge in [0.05, 0.1) is 22.8 Å². The zero-order valence-corrected chi connectivity index (χ0v) is 21.1. The van der Waals surface area contributed by atoms with E-state index in [1.165, 1.54) is 18.2 Å². The van der Waals surface area contributed by atoms with Gasteiger partial charge in [0.2, 0.25) is 0 Å². The van der Waals surface area contributed by atoms with Crippen LogP contribution in [0.5, 0.6) is 0 Å². The van der Waals surface area contributed by atoms with E-state index in [0.717, 1.165) is 18.2 Å². The van der Waals surface area contributed by atoms with Crippen molar-refractivity contribution in [3.63, 3.8) is 0 Å². The van der Waals surface area contributed by atoms with Crippen LogP contribution in [0.2, 0.25) is 0 Å². The maximum atomic E-state index is 12.7. The first kappa shape index (κ1) is 27.4. The minimum Gasteiger partial charge on any atom is -0.744 e. The van der Waals surface area contributed by atoms with Crippen LogP contribution in [0, 0.1) is 5.41 Å². The third-order valence-electron chi connectivity index (χ3n) is 3.69. The summed E-state index contributed by atoms with van der Waals surface area (Å²) in [5, 5.41) is 2.29. The van der Waals surface area contributed by atoms with Gasteiger partial charge in [-0.3, -0.25) is 8.98 Å².